The van der Waals surface area contributed by atoms with Crippen LogP contribution in [0.3, 0.4) is 0 Å². The molecule has 0 spiro atoms. The van der Waals surface area contributed by atoms with Crippen molar-refractivity contribution in [2.45, 2.75) is 11.8 Å². The van der Waals surface area contributed by atoms with Gasteiger partial charge < -0.3 is 9.47 Å². The van der Waals surface area contributed by atoms with Crippen LogP contribution < -0.4 is 4.74 Å². The van der Waals surface area contributed by atoms with E-state index in [1.165, 1.54) is 32.3 Å². The number of benzene rings is 2. The second-order valence-electron chi connectivity index (χ2n) is 5.68. The number of rotatable bonds is 7. The number of aryl methyl sites for hydroxylation is 1. The van der Waals surface area contributed by atoms with Gasteiger partial charge in [0.1, 0.15) is 23.9 Å². The van der Waals surface area contributed by atoms with Crippen LogP contribution in [-0.4, -0.2) is 46.0 Å². The van der Waals surface area contributed by atoms with E-state index in [1.54, 1.807) is 0 Å². The number of sulfonamides is 1. The van der Waals surface area contributed by atoms with E-state index in [1.807, 2.05) is 31.2 Å². The molecule has 8 heteroatoms. The number of carbonyl (C=O) groups excluding carboxylic acids is 1. The average molecular weight is 398 g/mol. The monoisotopic (exact) mass is 397 g/mol. The first kappa shape index (κ1) is 20.2. The molecule has 0 aliphatic rings. The van der Waals surface area contributed by atoms with Crippen molar-refractivity contribution in [2.24, 2.45) is 0 Å². The Hall–Kier alpha value is -2.09. The van der Waals surface area contributed by atoms with Crippen molar-refractivity contribution in [3.8, 4) is 5.75 Å². The summed E-state index contributed by atoms with van der Waals surface area (Å²) >= 11 is 5.96. The Balaban J connectivity index is 2.01. The normalized spacial score (nSPS) is 11.4. The Labute approximate surface area is 158 Å². The van der Waals surface area contributed by atoms with E-state index in [9.17, 15) is 13.2 Å². The molecular formula is C18H20ClNO5S. The molecule has 6 nitrogen and oxygen atoms in total. The maximum atomic E-state index is 12.2. The number of nitrogens with zero attached hydrogens (tertiary/aromatic N) is 1. The van der Waals surface area contributed by atoms with E-state index < -0.39 is 16.0 Å². The SMILES string of the molecule is Cc1ccccc1OCCOC(=O)c1ccc(Cl)c(S(=O)(=O)N(C)C)c1. The van der Waals surface area contributed by atoms with E-state index in [0.717, 1.165) is 15.6 Å². The molecule has 0 unspecified atom stereocenters. The first-order chi connectivity index (χ1) is 12.2. The van der Waals surface area contributed by atoms with Crippen LogP contribution in [-0.2, 0) is 14.8 Å². The number of hydrogen-bond donors (Lipinski definition) is 0. The third kappa shape index (κ3) is 4.75. The molecule has 2 aromatic carbocycles. The molecule has 2 aromatic rings. The van der Waals surface area contributed by atoms with Crippen LogP contribution in [0.2, 0.25) is 5.02 Å². The Morgan fingerprint density at radius 3 is 2.46 bits per heavy atom. The van der Waals surface area contributed by atoms with Gasteiger partial charge in [-0.2, -0.15) is 0 Å². The molecule has 0 fully saturated rings. The van der Waals surface area contributed by atoms with Crippen molar-refractivity contribution in [2.75, 3.05) is 27.3 Å². The molecule has 0 atom stereocenters. The van der Waals surface area contributed by atoms with E-state index >= 15 is 0 Å². The van der Waals surface area contributed by atoms with Crippen molar-refractivity contribution in [3.63, 3.8) is 0 Å². The van der Waals surface area contributed by atoms with Crippen molar-refractivity contribution in [3.05, 3.63) is 58.6 Å². The van der Waals surface area contributed by atoms with Gasteiger partial charge in [0, 0.05) is 14.1 Å². The number of ether oxygens (including phenoxy) is 2. The van der Waals surface area contributed by atoms with E-state index in [2.05, 4.69) is 0 Å². The number of para-hydroxylation sites is 1. The minimum Gasteiger partial charge on any atom is -0.490 e. The zero-order valence-electron chi connectivity index (χ0n) is 14.7. The van der Waals surface area contributed by atoms with Crippen molar-refractivity contribution in [1.82, 2.24) is 4.31 Å². The van der Waals surface area contributed by atoms with Crippen molar-refractivity contribution in [1.29, 1.82) is 0 Å². The fraction of sp³-hybridized carbons (Fsp3) is 0.278. The number of halogens is 1. The second-order valence-corrected chi connectivity index (χ2v) is 8.21. The van der Waals surface area contributed by atoms with E-state index in [0.29, 0.717) is 0 Å². The lowest BCUT2D eigenvalue weighted by atomic mass is 10.2. The number of hydrogen-bond acceptors (Lipinski definition) is 5. The Morgan fingerprint density at radius 1 is 1.12 bits per heavy atom. The van der Waals surface area contributed by atoms with Gasteiger partial charge in [-0.15, -0.1) is 0 Å². The van der Waals surface area contributed by atoms with Crippen molar-refractivity contribution >= 4 is 27.6 Å². The highest BCUT2D eigenvalue weighted by molar-refractivity contribution is 7.89. The molecule has 0 saturated heterocycles. The fourth-order valence-electron chi connectivity index (χ4n) is 2.11. The lowest BCUT2D eigenvalue weighted by Gasteiger charge is -2.14. The summed E-state index contributed by atoms with van der Waals surface area (Å²) in [5, 5.41) is 0.0399. The quantitative estimate of drug-likeness (QED) is 0.530. The highest BCUT2D eigenvalue weighted by Crippen LogP contribution is 2.25. The number of esters is 1. The van der Waals surface area contributed by atoms with Gasteiger partial charge in [-0.1, -0.05) is 29.8 Å². The fourth-order valence-corrected chi connectivity index (χ4v) is 3.51. The molecular weight excluding hydrogens is 378 g/mol. The molecule has 0 aromatic heterocycles. The average Bonchev–Trinajstić information content (AvgIpc) is 2.60. The molecule has 0 radical (unpaired) electrons. The third-order valence-corrected chi connectivity index (χ3v) is 5.89. The summed E-state index contributed by atoms with van der Waals surface area (Å²) in [7, 11) is -0.984. The van der Waals surface area contributed by atoms with E-state index in [4.69, 9.17) is 21.1 Å². The van der Waals surface area contributed by atoms with Crippen LogP contribution in [0.4, 0.5) is 0 Å². The molecule has 0 N–H and O–H groups in total. The Bertz CT molecular complexity index is 896. The molecule has 0 amide bonds. The van der Waals surface area contributed by atoms with Gasteiger partial charge >= 0.3 is 5.97 Å². The molecule has 140 valence electrons. The molecule has 0 saturated carbocycles. The van der Waals surface area contributed by atoms with E-state index in [-0.39, 0.29) is 28.7 Å². The van der Waals surface area contributed by atoms with Crippen LogP contribution >= 0.6 is 11.6 Å². The summed E-state index contributed by atoms with van der Waals surface area (Å²) < 4.78 is 36.2. The predicted molar refractivity (Wildman–Crippen MR) is 99.3 cm³/mol. The standard InChI is InChI=1S/C18H20ClNO5S/c1-13-6-4-5-7-16(13)24-10-11-25-18(21)14-8-9-15(19)17(12-14)26(22,23)20(2)3/h4-9,12H,10-11H2,1-3H3. The topological polar surface area (TPSA) is 72.9 Å². The highest BCUT2D eigenvalue weighted by Gasteiger charge is 2.22. The van der Waals surface area contributed by atoms with Crippen LogP contribution in [0.15, 0.2) is 47.4 Å². The summed E-state index contributed by atoms with van der Waals surface area (Å²) in [6.07, 6.45) is 0. The van der Waals surface area contributed by atoms with Gasteiger partial charge in [0.15, 0.2) is 0 Å². The highest BCUT2D eigenvalue weighted by atomic mass is 35.5. The molecule has 26 heavy (non-hydrogen) atoms. The van der Waals surface area contributed by atoms with Crippen LogP contribution in [0.1, 0.15) is 15.9 Å². The Morgan fingerprint density at radius 2 is 1.81 bits per heavy atom. The zero-order chi connectivity index (χ0) is 19.3. The summed E-state index contributed by atoms with van der Waals surface area (Å²) in [5.41, 5.74) is 1.08. The maximum absolute atomic E-state index is 12.2. The van der Waals surface area contributed by atoms with Gasteiger partial charge in [-0.3, -0.25) is 0 Å². The first-order valence-corrected chi connectivity index (χ1v) is 9.63. The van der Waals surface area contributed by atoms with Gasteiger partial charge in [0.25, 0.3) is 0 Å². The van der Waals surface area contributed by atoms with Gasteiger partial charge in [-0.05, 0) is 36.8 Å². The Kier molecular flexibility index (Phi) is 6.63. The van der Waals surface area contributed by atoms with Crippen LogP contribution in [0, 0.1) is 6.92 Å². The van der Waals surface area contributed by atoms with Crippen LogP contribution in [0.5, 0.6) is 5.75 Å². The molecule has 0 heterocycles. The molecule has 0 aliphatic heterocycles. The lowest BCUT2D eigenvalue weighted by Crippen LogP contribution is -2.23. The molecule has 2 rings (SSSR count). The van der Waals surface area contributed by atoms with Crippen molar-refractivity contribution < 1.29 is 22.7 Å². The number of carbonyl (C=O) groups is 1. The zero-order valence-corrected chi connectivity index (χ0v) is 16.3. The van der Waals surface area contributed by atoms with Gasteiger partial charge in [0.2, 0.25) is 10.0 Å². The summed E-state index contributed by atoms with van der Waals surface area (Å²) in [5.74, 6) is 0.0691. The minimum absolute atomic E-state index is 0.0333. The largest absolute Gasteiger partial charge is 0.490 e. The minimum atomic E-state index is -3.76. The molecule has 0 aliphatic carbocycles. The molecule has 0 bridgehead atoms. The smallest absolute Gasteiger partial charge is 0.338 e. The van der Waals surface area contributed by atoms with Crippen LogP contribution in [0.25, 0.3) is 0 Å². The van der Waals surface area contributed by atoms with Gasteiger partial charge in [0.05, 0.1) is 10.6 Å². The first-order valence-electron chi connectivity index (χ1n) is 7.81. The third-order valence-electron chi connectivity index (χ3n) is 3.59. The van der Waals surface area contributed by atoms with Gasteiger partial charge in [-0.25, -0.2) is 17.5 Å². The predicted octanol–water partition coefficient (Wildman–Crippen LogP) is 3.13. The maximum Gasteiger partial charge on any atom is 0.338 e. The second kappa shape index (κ2) is 8.53. The summed E-state index contributed by atoms with van der Waals surface area (Å²) in [6.45, 7) is 2.14. The summed E-state index contributed by atoms with van der Waals surface area (Å²) in [6, 6.07) is 11.5. The lowest BCUT2D eigenvalue weighted by molar-refractivity contribution is 0.0450. The summed E-state index contributed by atoms with van der Waals surface area (Å²) in [4.78, 5) is 12.0.